The van der Waals surface area contributed by atoms with E-state index in [0.717, 1.165) is 10.5 Å². The summed E-state index contributed by atoms with van der Waals surface area (Å²) in [5, 5.41) is 12.4. The van der Waals surface area contributed by atoms with Gasteiger partial charge in [-0.15, -0.1) is 0 Å². The number of hydrogen-bond donors (Lipinski definition) is 2. The van der Waals surface area contributed by atoms with E-state index in [1.165, 1.54) is 30.3 Å². The number of nitrogens with zero attached hydrogens (tertiary/aromatic N) is 2. The Kier molecular flexibility index (Phi) is 7.52. The van der Waals surface area contributed by atoms with Crippen molar-refractivity contribution in [1.29, 1.82) is 0 Å². The normalized spacial score (nSPS) is 14.9. The summed E-state index contributed by atoms with van der Waals surface area (Å²) >= 11 is 6.21. The van der Waals surface area contributed by atoms with Gasteiger partial charge in [0.15, 0.2) is 0 Å². The molecule has 1 heterocycles. The highest BCUT2D eigenvalue weighted by Gasteiger charge is 2.40. The molecule has 0 saturated carbocycles. The van der Waals surface area contributed by atoms with Gasteiger partial charge in [-0.3, -0.25) is 19.2 Å². The summed E-state index contributed by atoms with van der Waals surface area (Å²) in [4.78, 5) is 27.0. The number of fused-ring (bicyclic) bond motifs is 1. The summed E-state index contributed by atoms with van der Waals surface area (Å²) in [6.45, 7) is 7.53. The van der Waals surface area contributed by atoms with Crippen LogP contribution in [0.3, 0.4) is 0 Å². The first-order chi connectivity index (χ1) is 16.4. The van der Waals surface area contributed by atoms with Crippen molar-refractivity contribution >= 4 is 44.8 Å². The minimum atomic E-state index is -4.07. The molecule has 8 nitrogen and oxygen atoms in total. The molecule has 10 heteroatoms. The van der Waals surface area contributed by atoms with Crippen molar-refractivity contribution in [2.45, 2.75) is 38.0 Å². The van der Waals surface area contributed by atoms with Crippen molar-refractivity contribution in [3.63, 3.8) is 0 Å². The Morgan fingerprint density at radius 2 is 1.69 bits per heavy atom. The van der Waals surface area contributed by atoms with Crippen LogP contribution >= 0.6 is 11.6 Å². The Morgan fingerprint density at radius 3 is 2.26 bits per heavy atom. The molecule has 2 N–H and O–H groups in total. The molecule has 0 bridgehead atoms. The van der Waals surface area contributed by atoms with Crippen molar-refractivity contribution in [2.75, 3.05) is 11.3 Å². The molecule has 0 aromatic heterocycles. The molecule has 2 aromatic carbocycles. The number of sulfonamides is 1. The smallest absolute Gasteiger partial charge is 0.264 e. The van der Waals surface area contributed by atoms with Gasteiger partial charge >= 0.3 is 0 Å². The van der Waals surface area contributed by atoms with Crippen LogP contribution in [-0.2, 0) is 15.4 Å². The van der Waals surface area contributed by atoms with Crippen molar-refractivity contribution in [3.8, 4) is 0 Å². The lowest BCUT2D eigenvalue weighted by atomic mass is 9.87. The zero-order chi connectivity index (χ0) is 26.0. The number of nitrogens with one attached hydrogen (secondary N) is 1. The third-order valence-electron chi connectivity index (χ3n) is 5.39. The molecular weight excluding hydrogens is 490 g/mol. The number of rotatable bonds is 7. The molecule has 35 heavy (non-hydrogen) atoms. The van der Waals surface area contributed by atoms with Gasteiger partial charge in [-0.2, -0.15) is 0 Å². The summed E-state index contributed by atoms with van der Waals surface area (Å²) < 4.78 is 28.5. The molecular formula is C25H26ClN3O5S. The maximum absolute atomic E-state index is 13.2. The molecule has 1 aliphatic heterocycles. The molecule has 184 valence electrons. The van der Waals surface area contributed by atoms with E-state index in [1.807, 2.05) is 20.8 Å². The second-order valence-corrected chi connectivity index (χ2v) is 11.0. The summed E-state index contributed by atoms with van der Waals surface area (Å²) in [6.07, 6.45) is 6.47. The number of oxime groups is 1. The van der Waals surface area contributed by atoms with Gasteiger partial charge in [-0.05, 0) is 48.2 Å². The first-order valence-electron chi connectivity index (χ1n) is 10.7. The standard InChI is InChI=1S/C25H26ClN3O5S/c1-5-6-7-8-17(27-32)15-29-23(30)21-19(26)13-14-20(22(21)24(29)31)28-35(33,34)18-11-9-16(10-12-18)25(2,3)4/h5-14,28,32H,15H2,1-4H3/b6-5-,8-7-,27-17-. The highest BCUT2D eigenvalue weighted by atomic mass is 35.5. The largest absolute Gasteiger partial charge is 0.411 e. The average Bonchev–Trinajstić information content (AvgIpc) is 3.05. The van der Waals surface area contributed by atoms with Gasteiger partial charge < -0.3 is 5.21 Å². The molecule has 0 unspecified atom stereocenters. The second kappa shape index (κ2) is 10.1. The van der Waals surface area contributed by atoms with Crippen LogP contribution in [0.25, 0.3) is 0 Å². The van der Waals surface area contributed by atoms with Crippen LogP contribution in [0, 0.1) is 0 Å². The number of imide groups is 1. The van der Waals surface area contributed by atoms with E-state index in [1.54, 1.807) is 37.3 Å². The molecule has 2 aromatic rings. The Labute approximate surface area is 209 Å². The second-order valence-electron chi connectivity index (χ2n) is 8.90. The number of carbonyl (C=O) groups is 2. The Balaban J connectivity index is 1.95. The Hall–Kier alpha value is -3.43. The van der Waals surface area contributed by atoms with Gasteiger partial charge in [0, 0.05) is 0 Å². The number of halogens is 1. The number of amides is 2. The number of benzene rings is 2. The van der Waals surface area contributed by atoms with E-state index in [2.05, 4.69) is 9.88 Å². The highest BCUT2D eigenvalue weighted by molar-refractivity contribution is 7.92. The molecule has 0 saturated heterocycles. The van der Waals surface area contributed by atoms with E-state index >= 15 is 0 Å². The fraction of sp³-hybridized carbons (Fsp3) is 0.240. The van der Waals surface area contributed by atoms with Crippen molar-refractivity contribution < 1.29 is 23.2 Å². The molecule has 0 aliphatic carbocycles. The van der Waals surface area contributed by atoms with E-state index < -0.39 is 21.8 Å². The fourth-order valence-electron chi connectivity index (χ4n) is 3.49. The SMILES string of the molecule is C\C=C/C=C\C(CN1C(=O)c2c(Cl)ccc(NS(=O)(=O)c3ccc(C(C)(C)C)cc3)c2C1=O)=N\O. The average molecular weight is 516 g/mol. The third-order valence-corrected chi connectivity index (χ3v) is 7.08. The number of hydrogen-bond acceptors (Lipinski definition) is 6. The summed E-state index contributed by atoms with van der Waals surface area (Å²) in [5.41, 5.74) is 0.514. The molecule has 0 fully saturated rings. The maximum atomic E-state index is 13.2. The summed E-state index contributed by atoms with van der Waals surface area (Å²) in [6, 6.07) is 9.12. The van der Waals surface area contributed by atoms with Crippen molar-refractivity contribution in [3.05, 3.63) is 82.4 Å². The molecule has 1 aliphatic rings. The zero-order valence-corrected chi connectivity index (χ0v) is 21.3. The van der Waals surface area contributed by atoms with Crippen LogP contribution < -0.4 is 4.72 Å². The van der Waals surface area contributed by atoms with E-state index in [9.17, 15) is 23.2 Å². The third kappa shape index (κ3) is 5.47. The molecule has 0 atom stereocenters. The van der Waals surface area contributed by atoms with Gasteiger partial charge in [-0.25, -0.2) is 8.42 Å². The predicted octanol–water partition coefficient (Wildman–Crippen LogP) is 5.00. The first-order valence-corrected chi connectivity index (χ1v) is 12.6. The van der Waals surface area contributed by atoms with Crippen LogP contribution in [0.15, 0.2) is 70.8 Å². The van der Waals surface area contributed by atoms with Gasteiger partial charge in [0.1, 0.15) is 0 Å². The van der Waals surface area contributed by atoms with Crippen molar-refractivity contribution in [1.82, 2.24) is 4.90 Å². The number of allylic oxidation sites excluding steroid dienone is 3. The Morgan fingerprint density at radius 1 is 1.06 bits per heavy atom. The minimum absolute atomic E-state index is 0.00488. The maximum Gasteiger partial charge on any atom is 0.264 e. The van der Waals surface area contributed by atoms with Crippen LogP contribution in [0.1, 0.15) is 54.0 Å². The summed E-state index contributed by atoms with van der Waals surface area (Å²) in [7, 11) is -4.07. The predicted molar refractivity (Wildman–Crippen MR) is 136 cm³/mol. The van der Waals surface area contributed by atoms with Gasteiger partial charge in [0.2, 0.25) is 0 Å². The highest BCUT2D eigenvalue weighted by Crippen LogP contribution is 2.36. The van der Waals surface area contributed by atoms with Gasteiger partial charge in [0.05, 0.1) is 39.0 Å². The van der Waals surface area contributed by atoms with Gasteiger partial charge in [0.25, 0.3) is 21.8 Å². The molecule has 2 amide bonds. The lowest BCUT2D eigenvalue weighted by molar-refractivity contribution is 0.0677. The van der Waals surface area contributed by atoms with E-state index in [-0.39, 0.29) is 44.4 Å². The van der Waals surface area contributed by atoms with Gasteiger partial charge in [-0.1, -0.05) is 67.9 Å². The first kappa shape index (κ1) is 26.2. The zero-order valence-electron chi connectivity index (χ0n) is 19.7. The molecule has 0 spiro atoms. The number of anilines is 1. The lowest BCUT2D eigenvalue weighted by Crippen LogP contribution is -2.34. The molecule has 0 radical (unpaired) electrons. The van der Waals surface area contributed by atoms with E-state index in [0.29, 0.717) is 0 Å². The minimum Gasteiger partial charge on any atom is -0.411 e. The van der Waals surface area contributed by atoms with Crippen molar-refractivity contribution in [2.24, 2.45) is 5.16 Å². The lowest BCUT2D eigenvalue weighted by Gasteiger charge is -2.19. The number of carbonyl (C=O) groups excluding carboxylic acids is 2. The van der Waals surface area contributed by atoms with Crippen LogP contribution in [0.5, 0.6) is 0 Å². The topological polar surface area (TPSA) is 116 Å². The van der Waals surface area contributed by atoms with Crippen LogP contribution in [0.4, 0.5) is 5.69 Å². The summed E-state index contributed by atoms with van der Waals surface area (Å²) in [5.74, 6) is -1.47. The molecule has 3 rings (SSSR count). The quantitative estimate of drug-likeness (QED) is 0.177. The monoisotopic (exact) mass is 515 g/mol. The Bertz CT molecular complexity index is 1350. The fourth-order valence-corrected chi connectivity index (χ4v) is 4.80. The van der Waals surface area contributed by atoms with Crippen LogP contribution in [0.2, 0.25) is 5.02 Å². The van der Waals surface area contributed by atoms with Crippen LogP contribution in [-0.4, -0.2) is 42.6 Å². The van der Waals surface area contributed by atoms with E-state index in [4.69, 9.17) is 11.6 Å².